The Hall–Kier alpha value is -4.27. The van der Waals surface area contributed by atoms with Crippen LogP contribution in [0.25, 0.3) is 11.0 Å². The second-order valence-electron chi connectivity index (χ2n) is 8.35. The van der Waals surface area contributed by atoms with E-state index in [1.165, 1.54) is 0 Å². The first-order valence-corrected chi connectivity index (χ1v) is 12.0. The van der Waals surface area contributed by atoms with Crippen molar-refractivity contribution in [1.82, 2.24) is 9.55 Å². The Labute approximate surface area is 224 Å². The van der Waals surface area contributed by atoms with Crippen molar-refractivity contribution in [2.75, 3.05) is 51.3 Å². The Morgan fingerprint density at radius 1 is 0.949 bits per heavy atom. The van der Waals surface area contributed by atoms with E-state index in [0.29, 0.717) is 44.0 Å². The van der Waals surface area contributed by atoms with Crippen molar-refractivity contribution in [3.63, 3.8) is 0 Å². The van der Waals surface area contributed by atoms with Gasteiger partial charge in [0.2, 0.25) is 5.95 Å². The van der Waals surface area contributed by atoms with Crippen molar-refractivity contribution in [3.05, 3.63) is 53.8 Å². The molecule has 14 heteroatoms. The van der Waals surface area contributed by atoms with Gasteiger partial charge in [0, 0.05) is 50.4 Å². The van der Waals surface area contributed by atoms with E-state index < -0.39 is 23.9 Å². The maximum Gasteiger partial charge on any atom is 0.328 e. The third kappa shape index (κ3) is 13.2. The van der Waals surface area contributed by atoms with Crippen molar-refractivity contribution in [2.24, 2.45) is 0 Å². The first-order valence-electron chi connectivity index (χ1n) is 12.0. The van der Waals surface area contributed by atoms with E-state index in [2.05, 4.69) is 15.5 Å². The smallest absolute Gasteiger partial charge is 0.328 e. The number of para-hydroxylation sites is 2. The van der Waals surface area contributed by atoms with Crippen LogP contribution in [0.5, 0.6) is 0 Å². The number of rotatable bonds is 9. The minimum Gasteiger partial charge on any atom is -0.633 e. The van der Waals surface area contributed by atoms with E-state index in [-0.39, 0.29) is 4.65 Å². The average molecular weight is 551 g/mol. The highest BCUT2D eigenvalue weighted by atomic mass is 16.5. The molecule has 214 valence electrons. The first kappa shape index (κ1) is 32.8. The molecule has 1 aromatic heterocycles. The SMILES string of the molecule is CCOCCn1c(N2CCC[N+](C)([O-])CC2)nc2ccccc21.O=C(O)/C=C/C(=O)O.O=C(O)/C=C/C(=O)O. The van der Waals surface area contributed by atoms with Crippen LogP contribution in [0.3, 0.4) is 0 Å². The predicted octanol–water partition coefficient (Wildman–Crippen LogP) is 1.65. The normalized spacial score (nSPS) is 17.2. The average Bonchev–Trinajstić information content (AvgIpc) is 3.12. The molecule has 1 saturated heterocycles. The zero-order chi connectivity index (χ0) is 29.4. The molecule has 0 aliphatic carbocycles. The van der Waals surface area contributed by atoms with Crippen LogP contribution < -0.4 is 4.90 Å². The van der Waals surface area contributed by atoms with Crippen LogP contribution in [0.2, 0.25) is 0 Å². The molecular weight excluding hydrogens is 516 g/mol. The van der Waals surface area contributed by atoms with Gasteiger partial charge in [-0.1, -0.05) is 12.1 Å². The summed E-state index contributed by atoms with van der Waals surface area (Å²) in [4.78, 5) is 45.3. The van der Waals surface area contributed by atoms with Crippen LogP contribution in [0.1, 0.15) is 13.3 Å². The van der Waals surface area contributed by atoms with Crippen molar-refractivity contribution in [2.45, 2.75) is 19.9 Å². The lowest BCUT2D eigenvalue weighted by molar-refractivity contribution is -0.858. The van der Waals surface area contributed by atoms with Crippen LogP contribution in [0, 0.1) is 5.21 Å². The quantitative estimate of drug-likeness (QED) is 0.152. The van der Waals surface area contributed by atoms with Crippen LogP contribution in [0.15, 0.2) is 48.6 Å². The van der Waals surface area contributed by atoms with Crippen molar-refractivity contribution in [3.8, 4) is 0 Å². The Morgan fingerprint density at radius 2 is 1.49 bits per heavy atom. The molecule has 1 aliphatic heterocycles. The first-order chi connectivity index (χ1) is 18.4. The number of carboxylic acids is 4. The molecule has 14 nitrogen and oxygen atoms in total. The zero-order valence-corrected chi connectivity index (χ0v) is 21.8. The van der Waals surface area contributed by atoms with E-state index in [9.17, 15) is 24.4 Å². The van der Waals surface area contributed by atoms with Crippen LogP contribution in [0.4, 0.5) is 5.95 Å². The molecule has 3 rings (SSSR count). The van der Waals surface area contributed by atoms with E-state index in [0.717, 1.165) is 49.6 Å². The summed E-state index contributed by atoms with van der Waals surface area (Å²) in [5.41, 5.74) is 2.13. The van der Waals surface area contributed by atoms with Crippen LogP contribution in [-0.2, 0) is 30.5 Å². The fourth-order valence-corrected chi connectivity index (χ4v) is 3.46. The van der Waals surface area contributed by atoms with E-state index in [4.69, 9.17) is 30.1 Å². The van der Waals surface area contributed by atoms with Gasteiger partial charge in [0.05, 0.1) is 44.3 Å². The number of fused-ring (bicyclic) bond motifs is 1. The summed E-state index contributed by atoms with van der Waals surface area (Å²) in [7, 11) is 1.77. The molecule has 1 fully saturated rings. The molecule has 1 aromatic carbocycles. The maximum absolute atomic E-state index is 12.3. The van der Waals surface area contributed by atoms with E-state index in [1.54, 1.807) is 7.05 Å². The third-order valence-electron chi connectivity index (χ3n) is 5.22. The molecule has 2 heterocycles. The highest BCUT2D eigenvalue weighted by Crippen LogP contribution is 2.24. The number of benzene rings is 1. The van der Waals surface area contributed by atoms with Gasteiger partial charge in [-0.25, -0.2) is 24.2 Å². The number of aromatic nitrogens is 2. The number of anilines is 1. The molecule has 1 aliphatic rings. The molecule has 4 N–H and O–H groups in total. The molecule has 0 saturated carbocycles. The summed E-state index contributed by atoms with van der Waals surface area (Å²) in [5.74, 6) is -4.06. The van der Waals surface area contributed by atoms with Gasteiger partial charge >= 0.3 is 23.9 Å². The number of nitrogens with zero attached hydrogens (tertiary/aromatic N) is 4. The van der Waals surface area contributed by atoms with Gasteiger partial charge < -0.3 is 44.5 Å². The Kier molecular flexibility index (Phi) is 13.9. The Morgan fingerprint density at radius 3 is 2.00 bits per heavy atom. The Bertz CT molecular complexity index is 1110. The summed E-state index contributed by atoms with van der Waals surface area (Å²) < 4.78 is 7.61. The number of hydroxylamine groups is 3. The lowest BCUT2D eigenvalue weighted by Gasteiger charge is -2.37. The van der Waals surface area contributed by atoms with Crippen molar-refractivity contribution >= 4 is 40.9 Å². The predicted molar refractivity (Wildman–Crippen MR) is 141 cm³/mol. The second kappa shape index (κ2) is 16.5. The number of quaternary nitrogens is 1. The van der Waals surface area contributed by atoms with Gasteiger partial charge in [-0.2, -0.15) is 0 Å². The lowest BCUT2D eigenvalue weighted by Crippen LogP contribution is -2.41. The monoisotopic (exact) mass is 550 g/mol. The lowest BCUT2D eigenvalue weighted by atomic mass is 10.3. The number of hydrogen-bond donors (Lipinski definition) is 4. The second-order valence-corrected chi connectivity index (χ2v) is 8.35. The van der Waals surface area contributed by atoms with Crippen molar-refractivity contribution in [1.29, 1.82) is 0 Å². The zero-order valence-electron chi connectivity index (χ0n) is 21.8. The topological polar surface area (TPSA) is 203 Å². The number of ether oxygens (including phenoxy) is 1. The minimum atomic E-state index is -1.26. The van der Waals surface area contributed by atoms with Gasteiger partial charge in [0.15, 0.2) is 0 Å². The largest absolute Gasteiger partial charge is 0.633 e. The molecule has 39 heavy (non-hydrogen) atoms. The van der Waals surface area contributed by atoms with Gasteiger partial charge in [-0.3, -0.25) is 0 Å². The molecule has 0 amide bonds. The molecule has 0 radical (unpaired) electrons. The number of likely N-dealkylation sites (N-methyl/N-ethyl adjacent to an activating group) is 1. The molecular formula is C25H34N4O10. The fraction of sp³-hybridized carbons (Fsp3) is 0.400. The highest BCUT2D eigenvalue weighted by Gasteiger charge is 2.23. The van der Waals surface area contributed by atoms with E-state index in [1.807, 2.05) is 25.1 Å². The van der Waals surface area contributed by atoms with E-state index >= 15 is 0 Å². The summed E-state index contributed by atoms with van der Waals surface area (Å²) >= 11 is 0. The Balaban J connectivity index is 0.000000393. The summed E-state index contributed by atoms with van der Waals surface area (Å²) in [5, 5.41) is 43.5. The number of imidazole rings is 1. The number of hydrogen-bond acceptors (Lipinski definition) is 8. The summed E-state index contributed by atoms with van der Waals surface area (Å²) in [6, 6.07) is 8.20. The van der Waals surface area contributed by atoms with Crippen LogP contribution >= 0.6 is 0 Å². The van der Waals surface area contributed by atoms with Gasteiger partial charge in [0.1, 0.15) is 0 Å². The fourth-order valence-electron chi connectivity index (χ4n) is 3.46. The number of carbonyl (C=O) groups is 4. The summed E-state index contributed by atoms with van der Waals surface area (Å²) in [6.45, 7) is 7.10. The molecule has 1 unspecified atom stereocenters. The molecule has 2 aromatic rings. The molecule has 1 atom stereocenters. The van der Waals surface area contributed by atoms with Gasteiger partial charge in [0.25, 0.3) is 0 Å². The molecule has 0 bridgehead atoms. The standard InChI is InChI=1S/C17H26N4O2.2C4H4O4/c1-3-23-14-11-20-16-8-5-4-7-15(16)18-17(20)19-9-6-12-21(2,22)13-10-19;2*5-3(6)1-2-4(7)8/h4-5,7-8H,3,6,9-14H2,1-2H3;2*1-2H,(H,5,6)(H,7,8)/b;2*2-1+. The van der Waals surface area contributed by atoms with Gasteiger partial charge in [-0.05, 0) is 19.1 Å². The maximum atomic E-state index is 12.3. The summed E-state index contributed by atoms with van der Waals surface area (Å²) in [6.07, 6.45) is 3.13. The third-order valence-corrected chi connectivity index (χ3v) is 5.22. The number of carboxylic acid groups (broad SMARTS) is 4. The molecule has 0 spiro atoms. The minimum absolute atomic E-state index is 0.157. The van der Waals surface area contributed by atoms with Gasteiger partial charge in [-0.15, -0.1) is 0 Å². The highest BCUT2D eigenvalue weighted by molar-refractivity contribution is 5.90. The van der Waals surface area contributed by atoms with Crippen LogP contribution in [-0.4, -0.2) is 105 Å². The van der Waals surface area contributed by atoms with Crippen molar-refractivity contribution < 1.29 is 49.0 Å². The number of aliphatic carboxylic acids is 4.